The van der Waals surface area contributed by atoms with Crippen LogP contribution in [0.3, 0.4) is 0 Å². The number of hydrogen-bond donors (Lipinski definition) is 2. The number of hydrogen-bond acceptors (Lipinski definition) is 2. The van der Waals surface area contributed by atoms with Gasteiger partial charge < -0.3 is 4.98 Å². The molecule has 0 fully saturated rings. The number of benzene rings is 3. The third-order valence-corrected chi connectivity index (χ3v) is 5.93. The van der Waals surface area contributed by atoms with Crippen LogP contribution in [0.1, 0.15) is 44.8 Å². The van der Waals surface area contributed by atoms with E-state index in [1.165, 1.54) is 11.3 Å². The van der Waals surface area contributed by atoms with E-state index in [-0.39, 0.29) is 11.8 Å². The van der Waals surface area contributed by atoms with Crippen molar-refractivity contribution in [3.63, 3.8) is 0 Å². The van der Waals surface area contributed by atoms with Crippen molar-refractivity contribution in [1.82, 2.24) is 10.3 Å². The van der Waals surface area contributed by atoms with Crippen molar-refractivity contribution in [3.8, 4) is 0 Å². The number of aryl methyl sites for hydroxylation is 2. The molecule has 0 spiro atoms. The lowest BCUT2D eigenvalue weighted by molar-refractivity contribution is 0.0880. The summed E-state index contributed by atoms with van der Waals surface area (Å²) in [4.78, 5) is 29.0. The summed E-state index contributed by atoms with van der Waals surface area (Å²) in [6.07, 6.45) is 4.25. The third kappa shape index (κ3) is 1.59. The maximum absolute atomic E-state index is 12.7. The second-order valence-corrected chi connectivity index (χ2v) is 7.28. The molecule has 2 N–H and O–H groups in total. The fourth-order valence-corrected chi connectivity index (χ4v) is 4.84. The minimum absolute atomic E-state index is 0.266. The molecule has 2 heterocycles. The average Bonchev–Trinajstić information content (AvgIpc) is 3.19. The summed E-state index contributed by atoms with van der Waals surface area (Å²) in [7, 11) is 0. The first kappa shape index (κ1) is 14.1. The van der Waals surface area contributed by atoms with E-state index in [1.807, 2.05) is 24.3 Å². The Hall–Kier alpha value is -3.14. The van der Waals surface area contributed by atoms with Crippen molar-refractivity contribution in [1.29, 1.82) is 0 Å². The molecular weight excluding hydrogens is 324 g/mol. The molecule has 4 aromatic rings. The van der Waals surface area contributed by atoms with Gasteiger partial charge in [-0.15, -0.1) is 0 Å². The molecule has 0 radical (unpaired) electrons. The Kier molecular flexibility index (Phi) is 2.56. The van der Waals surface area contributed by atoms with Crippen LogP contribution in [-0.2, 0) is 12.8 Å². The van der Waals surface area contributed by atoms with Crippen molar-refractivity contribution in [3.05, 3.63) is 58.8 Å². The van der Waals surface area contributed by atoms with E-state index in [4.69, 9.17) is 0 Å². The first-order valence-electron chi connectivity index (χ1n) is 9.10. The zero-order chi connectivity index (χ0) is 17.4. The van der Waals surface area contributed by atoms with Crippen molar-refractivity contribution in [2.75, 3.05) is 0 Å². The lowest BCUT2D eigenvalue weighted by Crippen LogP contribution is -2.20. The molecule has 6 rings (SSSR count). The van der Waals surface area contributed by atoms with E-state index in [9.17, 15) is 9.59 Å². The van der Waals surface area contributed by atoms with Gasteiger partial charge in [-0.05, 0) is 42.0 Å². The first-order valence-corrected chi connectivity index (χ1v) is 9.10. The second-order valence-electron chi connectivity index (χ2n) is 7.28. The topological polar surface area (TPSA) is 62.0 Å². The molecule has 3 aromatic carbocycles. The van der Waals surface area contributed by atoms with Gasteiger partial charge in [-0.1, -0.05) is 36.4 Å². The molecule has 1 aliphatic heterocycles. The lowest BCUT2D eigenvalue weighted by Gasteiger charge is -2.12. The third-order valence-electron chi connectivity index (χ3n) is 5.93. The molecule has 4 heteroatoms. The van der Waals surface area contributed by atoms with Crippen molar-refractivity contribution in [2.24, 2.45) is 0 Å². The predicted octanol–water partition coefficient (Wildman–Crippen LogP) is 4.24. The predicted molar refractivity (Wildman–Crippen MR) is 102 cm³/mol. The largest absolute Gasteiger partial charge is 0.358 e. The van der Waals surface area contributed by atoms with E-state index in [2.05, 4.69) is 22.4 Å². The van der Waals surface area contributed by atoms with E-state index >= 15 is 0 Å². The SMILES string of the molecule is O=C1NC(=O)c2c1c1c3c([nH]c1c1ccc4ccccc4c21)CCCC3. The number of amides is 2. The monoisotopic (exact) mass is 340 g/mol. The highest BCUT2D eigenvalue weighted by atomic mass is 16.2. The molecule has 0 bridgehead atoms. The first-order chi connectivity index (χ1) is 12.7. The van der Waals surface area contributed by atoms with Gasteiger partial charge in [0.25, 0.3) is 11.8 Å². The van der Waals surface area contributed by atoms with Gasteiger partial charge in [0.05, 0.1) is 16.6 Å². The Morgan fingerprint density at radius 3 is 2.42 bits per heavy atom. The standard InChI is InChI=1S/C22H16N2O2/c25-21-18-16-12-6-2-1-5-11(12)9-10-14(16)20-17(19(18)22(26)24-21)13-7-3-4-8-15(13)23-20/h1-2,5-6,9-10,23H,3-4,7-8H2,(H,24,25,26). The fraction of sp³-hybridized carbons (Fsp3) is 0.182. The number of carbonyl (C=O) groups excluding carboxylic acids is 2. The Labute approximate surface area is 149 Å². The van der Waals surface area contributed by atoms with Crippen molar-refractivity contribution < 1.29 is 9.59 Å². The number of nitrogens with one attached hydrogen (secondary N) is 2. The van der Waals surface area contributed by atoms with Crippen LogP contribution in [0.15, 0.2) is 36.4 Å². The zero-order valence-electron chi connectivity index (χ0n) is 14.1. The molecule has 0 saturated heterocycles. The highest BCUT2D eigenvalue weighted by molar-refractivity contribution is 6.36. The molecule has 2 aliphatic rings. The number of H-pyrrole nitrogens is 1. The molecule has 2 amide bonds. The fourth-order valence-electron chi connectivity index (χ4n) is 4.84. The smallest absolute Gasteiger partial charge is 0.259 e. The van der Waals surface area contributed by atoms with E-state index in [0.717, 1.165) is 58.1 Å². The summed E-state index contributed by atoms with van der Waals surface area (Å²) in [5.41, 5.74) is 4.56. The van der Waals surface area contributed by atoms with Crippen LogP contribution in [0.25, 0.3) is 32.4 Å². The molecule has 26 heavy (non-hydrogen) atoms. The van der Waals surface area contributed by atoms with E-state index in [0.29, 0.717) is 11.1 Å². The second kappa shape index (κ2) is 4.73. The zero-order valence-corrected chi connectivity index (χ0v) is 14.1. The van der Waals surface area contributed by atoms with Crippen molar-refractivity contribution >= 4 is 44.3 Å². The average molecular weight is 340 g/mol. The Balaban J connectivity index is 1.95. The quantitative estimate of drug-likeness (QED) is 0.371. The van der Waals surface area contributed by atoms with Crippen molar-refractivity contribution in [2.45, 2.75) is 25.7 Å². The number of aromatic nitrogens is 1. The number of rotatable bonds is 0. The molecule has 1 aliphatic carbocycles. The summed E-state index contributed by atoms with van der Waals surface area (Å²) < 4.78 is 0. The number of fused-ring (bicyclic) bond motifs is 10. The molecule has 1 aromatic heterocycles. The van der Waals surface area contributed by atoms with Crippen LogP contribution >= 0.6 is 0 Å². The molecule has 0 atom stereocenters. The van der Waals surface area contributed by atoms with Gasteiger partial charge in [-0.25, -0.2) is 0 Å². The Morgan fingerprint density at radius 2 is 1.54 bits per heavy atom. The van der Waals surface area contributed by atoms with Crippen LogP contribution in [0.4, 0.5) is 0 Å². The summed E-state index contributed by atoms with van der Waals surface area (Å²) in [5.74, 6) is -0.545. The summed E-state index contributed by atoms with van der Waals surface area (Å²) in [6.45, 7) is 0. The molecule has 0 unspecified atom stereocenters. The summed E-state index contributed by atoms with van der Waals surface area (Å²) in [5, 5.41) is 7.49. The van der Waals surface area contributed by atoms with Crippen LogP contribution in [-0.4, -0.2) is 16.8 Å². The van der Waals surface area contributed by atoms with Gasteiger partial charge in [0.2, 0.25) is 0 Å². The minimum atomic E-state index is -0.279. The van der Waals surface area contributed by atoms with Gasteiger partial charge in [0.1, 0.15) is 0 Å². The lowest BCUT2D eigenvalue weighted by atomic mass is 9.88. The van der Waals surface area contributed by atoms with Gasteiger partial charge >= 0.3 is 0 Å². The maximum Gasteiger partial charge on any atom is 0.259 e. The van der Waals surface area contributed by atoms with Crippen LogP contribution in [0.2, 0.25) is 0 Å². The Bertz CT molecular complexity index is 1300. The number of aromatic amines is 1. The molecule has 0 saturated carbocycles. The highest BCUT2D eigenvalue weighted by Gasteiger charge is 2.35. The van der Waals surface area contributed by atoms with E-state index in [1.54, 1.807) is 0 Å². The van der Waals surface area contributed by atoms with Crippen LogP contribution in [0.5, 0.6) is 0 Å². The maximum atomic E-state index is 12.7. The number of carbonyl (C=O) groups is 2. The van der Waals surface area contributed by atoms with Crippen LogP contribution < -0.4 is 5.32 Å². The molecule has 4 nitrogen and oxygen atoms in total. The van der Waals surface area contributed by atoms with Gasteiger partial charge in [0.15, 0.2) is 0 Å². The summed E-state index contributed by atoms with van der Waals surface area (Å²) >= 11 is 0. The molecular formula is C22H16N2O2. The summed E-state index contributed by atoms with van der Waals surface area (Å²) in [6, 6.07) is 12.2. The normalized spacial score (nSPS) is 16.3. The minimum Gasteiger partial charge on any atom is -0.358 e. The van der Waals surface area contributed by atoms with Gasteiger partial charge in [-0.3, -0.25) is 14.9 Å². The van der Waals surface area contributed by atoms with Gasteiger partial charge in [0, 0.05) is 21.9 Å². The van der Waals surface area contributed by atoms with Crippen LogP contribution in [0, 0.1) is 0 Å². The number of imide groups is 1. The van der Waals surface area contributed by atoms with E-state index < -0.39 is 0 Å². The molecule has 126 valence electrons. The highest BCUT2D eigenvalue weighted by Crippen LogP contribution is 2.42. The Morgan fingerprint density at radius 1 is 0.769 bits per heavy atom. The van der Waals surface area contributed by atoms with Gasteiger partial charge in [-0.2, -0.15) is 0 Å².